The molecule has 8 unspecified atom stereocenters. The molecular formula is C10H18O9. The van der Waals surface area contributed by atoms with E-state index in [4.69, 9.17) is 19.3 Å². The molecule has 9 nitrogen and oxygen atoms in total. The number of hydrogen-bond acceptors (Lipinski definition) is 9. The maximum Gasteiger partial charge on any atom is 0.186 e. The largest absolute Gasteiger partial charge is 0.388 e. The van der Waals surface area contributed by atoms with Gasteiger partial charge in [0.25, 0.3) is 0 Å². The van der Waals surface area contributed by atoms with E-state index in [2.05, 4.69) is 0 Å². The van der Waals surface area contributed by atoms with Crippen LogP contribution in [0.15, 0.2) is 0 Å². The Hall–Kier alpha value is -0.360. The van der Waals surface area contributed by atoms with Crippen molar-refractivity contribution in [2.24, 2.45) is 0 Å². The van der Waals surface area contributed by atoms with Gasteiger partial charge >= 0.3 is 0 Å². The van der Waals surface area contributed by atoms with Gasteiger partial charge in [-0.25, -0.2) is 0 Å². The van der Waals surface area contributed by atoms with Crippen molar-refractivity contribution in [2.45, 2.75) is 49.2 Å². The van der Waals surface area contributed by atoms with Crippen LogP contribution in [0.3, 0.4) is 0 Å². The molecule has 2 fully saturated rings. The molecule has 0 amide bonds. The minimum absolute atomic E-state index is 0.218. The molecule has 19 heavy (non-hydrogen) atoms. The molecule has 2 heterocycles. The number of aliphatic hydroxyl groups is 6. The van der Waals surface area contributed by atoms with Crippen LogP contribution >= 0.6 is 0 Å². The Morgan fingerprint density at radius 2 is 1.42 bits per heavy atom. The summed E-state index contributed by atoms with van der Waals surface area (Å²) in [6.07, 6.45) is -11.0. The third kappa shape index (κ3) is 3.05. The Balaban J connectivity index is 1.94. The predicted octanol–water partition coefficient (Wildman–Crippen LogP) is -4.12. The average molecular weight is 282 g/mol. The van der Waals surface area contributed by atoms with Crippen LogP contribution in [0.1, 0.15) is 0 Å². The average Bonchev–Trinajstić information content (AvgIpc) is 2.39. The molecule has 8 atom stereocenters. The highest BCUT2D eigenvalue weighted by Gasteiger charge is 2.44. The van der Waals surface area contributed by atoms with Gasteiger partial charge in [0.2, 0.25) is 0 Å². The fourth-order valence-corrected chi connectivity index (χ4v) is 1.97. The first-order valence-electron chi connectivity index (χ1n) is 5.89. The minimum atomic E-state index is -1.55. The molecule has 0 spiro atoms. The van der Waals surface area contributed by atoms with E-state index in [0.29, 0.717) is 0 Å². The van der Waals surface area contributed by atoms with Crippen LogP contribution in [0, 0.1) is 0 Å². The van der Waals surface area contributed by atoms with Crippen molar-refractivity contribution >= 4 is 0 Å². The first kappa shape index (κ1) is 15.0. The van der Waals surface area contributed by atoms with Crippen LogP contribution in [0.5, 0.6) is 0 Å². The number of hydrogen-bond donors (Lipinski definition) is 6. The van der Waals surface area contributed by atoms with E-state index < -0.39 is 49.2 Å². The zero-order valence-corrected chi connectivity index (χ0v) is 9.94. The van der Waals surface area contributed by atoms with Gasteiger partial charge < -0.3 is 44.8 Å². The van der Waals surface area contributed by atoms with Crippen molar-refractivity contribution in [3.63, 3.8) is 0 Å². The molecule has 2 aliphatic rings. The first-order valence-corrected chi connectivity index (χ1v) is 5.89. The van der Waals surface area contributed by atoms with Gasteiger partial charge in [-0.15, -0.1) is 0 Å². The molecule has 6 N–H and O–H groups in total. The second-order valence-electron chi connectivity index (χ2n) is 4.63. The molecule has 0 aromatic heterocycles. The zero-order chi connectivity index (χ0) is 14.2. The third-order valence-corrected chi connectivity index (χ3v) is 3.22. The van der Waals surface area contributed by atoms with Crippen molar-refractivity contribution < 1.29 is 44.8 Å². The molecule has 2 saturated heterocycles. The molecule has 2 rings (SSSR count). The van der Waals surface area contributed by atoms with E-state index in [1.54, 1.807) is 0 Å². The van der Waals surface area contributed by atoms with Gasteiger partial charge in [0, 0.05) is 0 Å². The number of aliphatic hydroxyl groups excluding tert-OH is 6. The number of rotatable bonds is 2. The molecule has 0 aromatic rings. The molecule has 112 valence electrons. The van der Waals surface area contributed by atoms with Crippen molar-refractivity contribution in [1.29, 1.82) is 0 Å². The van der Waals surface area contributed by atoms with Gasteiger partial charge in [0.15, 0.2) is 12.6 Å². The maximum absolute atomic E-state index is 9.68. The first-order chi connectivity index (χ1) is 8.91. The lowest BCUT2D eigenvalue weighted by molar-refractivity contribution is -0.323. The van der Waals surface area contributed by atoms with Crippen molar-refractivity contribution in [1.82, 2.24) is 0 Å². The van der Waals surface area contributed by atoms with Crippen molar-refractivity contribution in [3.05, 3.63) is 0 Å². The Morgan fingerprint density at radius 1 is 0.737 bits per heavy atom. The van der Waals surface area contributed by atoms with Crippen LogP contribution < -0.4 is 0 Å². The summed E-state index contributed by atoms with van der Waals surface area (Å²) in [4.78, 5) is 0. The summed E-state index contributed by atoms with van der Waals surface area (Å²) in [7, 11) is 0. The van der Waals surface area contributed by atoms with E-state index in [1.165, 1.54) is 0 Å². The molecule has 9 heteroatoms. The fraction of sp³-hybridized carbons (Fsp3) is 1.00. The van der Waals surface area contributed by atoms with Crippen LogP contribution in [0.25, 0.3) is 0 Å². The van der Waals surface area contributed by atoms with E-state index in [-0.39, 0.29) is 13.2 Å². The highest BCUT2D eigenvalue weighted by atomic mass is 16.7. The normalized spacial score (nSPS) is 52.1. The predicted molar refractivity (Wildman–Crippen MR) is 56.6 cm³/mol. The third-order valence-electron chi connectivity index (χ3n) is 3.22. The topological polar surface area (TPSA) is 149 Å². The van der Waals surface area contributed by atoms with Crippen molar-refractivity contribution in [3.8, 4) is 0 Å². The van der Waals surface area contributed by atoms with Gasteiger partial charge in [-0.3, -0.25) is 0 Å². The summed E-state index contributed by atoms with van der Waals surface area (Å²) in [5.41, 5.74) is 0. The van der Waals surface area contributed by atoms with E-state index in [9.17, 15) is 25.5 Å². The van der Waals surface area contributed by atoms with Gasteiger partial charge in [-0.2, -0.15) is 0 Å². The van der Waals surface area contributed by atoms with E-state index in [1.807, 2.05) is 0 Å². The van der Waals surface area contributed by atoms with E-state index in [0.717, 1.165) is 0 Å². The summed E-state index contributed by atoms with van der Waals surface area (Å²) >= 11 is 0. The lowest BCUT2D eigenvalue weighted by Gasteiger charge is -2.40. The summed E-state index contributed by atoms with van der Waals surface area (Å²) < 4.78 is 15.0. The van der Waals surface area contributed by atoms with Crippen molar-refractivity contribution in [2.75, 3.05) is 13.2 Å². The zero-order valence-electron chi connectivity index (χ0n) is 9.94. The molecule has 2 aliphatic heterocycles. The van der Waals surface area contributed by atoms with Gasteiger partial charge in [0.1, 0.15) is 36.6 Å². The minimum Gasteiger partial charge on any atom is -0.388 e. The Labute approximate surface area is 108 Å². The molecule has 0 aromatic carbocycles. The second kappa shape index (κ2) is 5.95. The SMILES string of the molecule is OC1COC(OC2COC(O)C(O)C2O)C(O)C1O. The molecule has 0 aliphatic carbocycles. The Bertz CT molecular complexity index is 273. The van der Waals surface area contributed by atoms with E-state index >= 15 is 0 Å². The van der Waals surface area contributed by atoms with Gasteiger partial charge in [-0.05, 0) is 0 Å². The monoisotopic (exact) mass is 282 g/mol. The fourth-order valence-electron chi connectivity index (χ4n) is 1.97. The Kier molecular flexibility index (Phi) is 4.71. The molecule has 0 saturated carbocycles. The van der Waals surface area contributed by atoms with Crippen LogP contribution in [-0.4, -0.2) is 93.1 Å². The maximum atomic E-state index is 9.68. The van der Waals surface area contributed by atoms with Gasteiger partial charge in [-0.1, -0.05) is 0 Å². The quantitative estimate of drug-likeness (QED) is 0.297. The Morgan fingerprint density at radius 3 is 2.11 bits per heavy atom. The summed E-state index contributed by atoms with van der Waals surface area (Å²) in [6.45, 7) is -0.456. The smallest absolute Gasteiger partial charge is 0.186 e. The summed E-state index contributed by atoms with van der Waals surface area (Å²) in [6, 6.07) is 0. The van der Waals surface area contributed by atoms with Crippen LogP contribution in [0.4, 0.5) is 0 Å². The van der Waals surface area contributed by atoms with Crippen LogP contribution in [-0.2, 0) is 14.2 Å². The highest BCUT2D eigenvalue weighted by molar-refractivity contribution is 4.87. The molecule has 0 radical (unpaired) electrons. The lowest BCUT2D eigenvalue weighted by atomic mass is 10.0. The standard InChI is InChI=1S/C10H18O9/c11-3-1-18-10(8(15)5(3)12)19-4-2-17-9(16)7(14)6(4)13/h3-16H,1-2H2. The lowest BCUT2D eigenvalue weighted by Crippen LogP contribution is -2.59. The summed E-state index contributed by atoms with van der Waals surface area (Å²) in [5.74, 6) is 0. The molecular weight excluding hydrogens is 264 g/mol. The number of ether oxygens (including phenoxy) is 3. The van der Waals surface area contributed by atoms with Gasteiger partial charge in [0.05, 0.1) is 13.2 Å². The highest BCUT2D eigenvalue weighted by Crippen LogP contribution is 2.22. The second-order valence-corrected chi connectivity index (χ2v) is 4.63. The van der Waals surface area contributed by atoms with Crippen LogP contribution in [0.2, 0.25) is 0 Å². The molecule has 0 bridgehead atoms. The summed E-state index contributed by atoms with van der Waals surface area (Å²) in [5, 5.41) is 56.6.